The fourth-order valence-corrected chi connectivity index (χ4v) is 2.29. The Morgan fingerprint density at radius 1 is 1.53 bits per heavy atom. The molecule has 5 heteroatoms. The van der Waals surface area contributed by atoms with E-state index in [0.29, 0.717) is 17.9 Å². The molecule has 0 saturated carbocycles. The minimum absolute atomic E-state index is 0.316. The highest BCUT2D eigenvalue weighted by atomic mass is 32.1. The lowest BCUT2D eigenvalue weighted by atomic mass is 10.2. The molecule has 0 aromatic carbocycles. The lowest BCUT2D eigenvalue weighted by molar-refractivity contribution is 0.0532. The highest BCUT2D eigenvalue weighted by Gasteiger charge is 2.15. The van der Waals surface area contributed by atoms with Gasteiger partial charge in [0.25, 0.3) is 0 Å². The van der Waals surface area contributed by atoms with Crippen molar-refractivity contribution in [2.24, 2.45) is 0 Å². The number of aliphatic hydroxyl groups excluding tert-OH is 1. The zero-order valence-corrected chi connectivity index (χ0v) is 11.3. The second-order valence-electron chi connectivity index (χ2n) is 4.03. The van der Waals surface area contributed by atoms with Crippen LogP contribution in [-0.4, -0.2) is 43.2 Å². The van der Waals surface area contributed by atoms with Crippen LogP contribution in [0.15, 0.2) is 12.1 Å². The van der Waals surface area contributed by atoms with Crippen molar-refractivity contribution in [3.05, 3.63) is 21.9 Å². The summed E-state index contributed by atoms with van der Waals surface area (Å²) >= 11 is 1.30. The lowest BCUT2D eigenvalue weighted by Gasteiger charge is -2.12. The van der Waals surface area contributed by atoms with Crippen LogP contribution < -0.4 is 0 Å². The first-order chi connectivity index (χ1) is 8.04. The third-order valence-electron chi connectivity index (χ3n) is 2.28. The van der Waals surface area contributed by atoms with Gasteiger partial charge in [-0.15, -0.1) is 11.3 Å². The molecule has 17 heavy (non-hydrogen) atoms. The first-order valence-electron chi connectivity index (χ1n) is 5.64. The van der Waals surface area contributed by atoms with Gasteiger partial charge in [-0.05, 0) is 39.6 Å². The third-order valence-corrected chi connectivity index (χ3v) is 3.45. The molecule has 0 aliphatic heterocycles. The van der Waals surface area contributed by atoms with Gasteiger partial charge in [0, 0.05) is 11.4 Å². The number of rotatable bonds is 6. The molecule has 0 aliphatic carbocycles. The molecule has 1 heterocycles. The Kier molecular flexibility index (Phi) is 5.61. The predicted molar refractivity (Wildman–Crippen MR) is 68.4 cm³/mol. The van der Waals surface area contributed by atoms with Crippen molar-refractivity contribution in [3.8, 4) is 0 Å². The molecule has 0 radical (unpaired) electrons. The van der Waals surface area contributed by atoms with Gasteiger partial charge in [-0.1, -0.05) is 0 Å². The van der Waals surface area contributed by atoms with Crippen LogP contribution >= 0.6 is 11.3 Å². The number of carbonyl (C=O) groups excluding carboxylic acids is 1. The smallest absolute Gasteiger partial charge is 0.348 e. The third kappa shape index (κ3) is 4.46. The van der Waals surface area contributed by atoms with Gasteiger partial charge in [0.05, 0.1) is 12.7 Å². The van der Waals surface area contributed by atoms with Gasteiger partial charge in [-0.2, -0.15) is 0 Å². The van der Waals surface area contributed by atoms with E-state index in [4.69, 9.17) is 4.74 Å². The molecule has 0 amide bonds. The topological polar surface area (TPSA) is 49.8 Å². The van der Waals surface area contributed by atoms with Crippen LogP contribution in [0.5, 0.6) is 0 Å². The molecule has 1 rings (SSSR count). The summed E-state index contributed by atoms with van der Waals surface area (Å²) in [6.45, 7) is 2.96. The molecular weight excluding hydrogens is 238 g/mol. The van der Waals surface area contributed by atoms with Gasteiger partial charge in [0.1, 0.15) is 4.88 Å². The molecule has 1 aromatic heterocycles. The Balaban J connectivity index is 2.57. The summed E-state index contributed by atoms with van der Waals surface area (Å²) in [7, 11) is 3.93. The molecule has 96 valence electrons. The van der Waals surface area contributed by atoms with Crippen molar-refractivity contribution < 1.29 is 14.6 Å². The molecular formula is C12H19NO3S. The van der Waals surface area contributed by atoms with Crippen molar-refractivity contribution in [1.82, 2.24) is 4.90 Å². The Labute approximate surface area is 106 Å². The number of ether oxygens (including phenoxy) is 1. The number of aliphatic hydroxyl groups is 1. The number of thiophene rings is 1. The maximum Gasteiger partial charge on any atom is 0.348 e. The lowest BCUT2D eigenvalue weighted by Crippen LogP contribution is -2.15. The van der Waals surface area contributed by atoms with Crippen LogP contribution in [0.3, 0.4) is 0 Å². The Morgan fingerprint density at radius 3 is 2.82 bits per heavy atom. The number of nitrogens with zero attached hydrogens (tertiary/aromatic N) is 1. The van der Waals surface area contributed by atoms with E-state index in [1.807, 2.05) is 19.0 Å². The van der Waals surface area contributed by atoms with Crippen LogP contribution in [0.4, 0.5) is 0 Å². The van der Waals surface area contributed by atoms with Gasteiger partial charge >= 0.3 is 5.97 Å². The number of esters is 1. The minimum Gasteiger partial charge on any atom is -0.462 e. The maximum atomic E-state index is 11.4. The predicted octanol–water partition coefficient (Wildman–Crippen LogP) is 1.91. The summed E-state index contributed by atoms with van der Waals surface area (Å²) in [4.78, 5) is 14.8. The molecule has 1 unspecified atom stereocenters. The SMILES string of the molecule is CCOC(=O)c1ccc(C(O)CCN(C)C)s1. The van der Waals surface area contributed by atoms with Crippen LogP contribution in [-0.2, 0) is 4.74 Å². The summed E-state index contributed by atoms with van der Waals surface area (Å²) in [6.07, 6.45) is 0.154. The molecule has 1 aromatic rings. The number of hydrogen-bond acceptors (Lipinski definition) is 5. The van der Waals surface area contributed by atoms with E-state index in [1.165, 1.54) is 11.3 Å². The highest BCUT2D eigenvalue weighted by Crippen LogP contribution is 2.26. The second-order valence-corrected chi connectivity index (χ2v) is 5.15. The summed E-state index contributed by atoms with van der Waals surface area (Å²) in [5.41, 5.74) is 0. The van der Waals surface area contributed by atoms with Crippen LogP contribution in [0.2, 0.25) is 0 Å². The van der Waals surface area contributed by atoms with E-state index in [0.717, 1.165) is 11.4 Å². The quantitative estimate of drug-likeness (QED) is 0.791. The van der Waals surface area contributed by atoms with E-state index >= 15 is 0 Å². The fraction of sp³-hybridized carbons (Fsp3) is 0.583. The zero-order chi connectivity index (χ0) is 12.8. The van der Waals surface area contributed by atoms with Gasteiger partial charge in [-0.3, -0.25) is 0 Å². The summed E-state index contributed by atoms with van der Waals surface area (Å²) in [5, 5.41) is 9.93. The molecule has 0 fully saturated rings. The Morgan fingerprint density at radius 2 is 2.24 bits per heavy atom. The summed E-state index contributed by atoms with van der Waals surface area (Å²) in [5.74, 6) is -0.316. The summed E-state index contributed by atoms with van der Waals surface area (Å²) < 4.78 is 4.90. The molecule has 0 aliphatic rings. The van der Waals surface area contributed by atoms with Gasteiger partial charge in [0.2, 0.25) is 0 Å². The first-order valence-corrected chi connectivity index (χ1v) is 6.46. The normalized spacial score (nSPS) is 12.8. The second kappa shape index (κ2) is 6.74. The van der Waals surface area contributed by atoms with E-state index in [2.05, 4.69) is 0 Å². The average Bonchev–Trinajstić information content (AvgIpc) is 2.75. The molecule has 0 spiro atoms. The molecule has 0 bridgehead atoms. The zero-order valence-electron chi connectivity index (χ0n) is 10.5. The van der Waals surface area contributed by atoms with E-state index in [1.54, 1.807) is 19.1 Å². The first kappa shape index (κ1) is 14.2. The fourth-order valence-electron chi connectivity index (χ4n) is 1.37. The van der Waals surface area contributed by atoms with Crippen LogP contribution in [0.25, 0.3) is 0 Å². The van der Waals surface area contributed by atoms with Crippen molar-refractivity contribution in [1.29, 1.82) is 0 Å². The number of carbonyl (C=O) groups is 1. The van der Waals surface area contributed by atoms with E-state index in [-0.39, 0.29) is 5.97 Å². The van der Waals surface area contributed by atoms with E-state index in [9.17, 15) is 9.90 Å². The van der Waals surface area contributed by atoms with Crippen molar-refractivity contribution in [3.63, 3.8) is 0 Å². The molecule has 4 nitrogen and oxygen atoms in total. The van der Waals surface area contributed by atoms with Crippen LogP contribution in [0, 0.1) is 0 Å². The standard InChI is InChI=1S/C12H19NO3S/c1-4-16-12(15)11-6-5-10(17-11)9(14)7-8-13(2)3/h5-6,9,14H,4,7-8H2,1-3H3. The monoisotopic (exact) mass is 257 g/mol. The summed E-state index contributed by atoms with van der Waals surface area (Å²) in [6, 6.07) is 3.49. The number of hydrogen-bond donors (Lipinski definition) is 1. The molecule has 1 N–H and O–H groups in total. The van der Waals surface area contributed by atoms with E-state index < -0.39 is 6.10 Å². The van der Waals surface area contributed by atoms with Gasteiger partial charge in [-0.25, -0.2) is 4.79 Å². The van der Waals surface area contributed by atoms with Gasteiger partial charge < -0.3 is 14.7 Å². The Hall–Kier alpha value is -0.910. The highest BCUT2D eigenvalue weighted by molar-refractivity contribution is 7.14. The van der Waals surface area contributed by atoms with Crippen molar-refractivity contribution in [2.75, 3.05) is 27.2 Å². The van der Waals surface area contributed by atoms with Crippen LogP contribution in [0.1, 0.15) is 34.0 Å². The van der Waals surface area contributed by atoms with Gasteiger partial charge in [0.15, 0.2) is 0 Å². The molecule has 1 atom stereocenters. The van der Waals surface area contributed by atoms with Crippen molar-refractivity contribution >= 4 is 17.3 Å². The molecule has 0 saturated heterocycles. The Bertz CT molecular complexity index is 362. The minimum atomic E-state index is -0.509. The average molecular weight is 257 g/mol. The maximum absolute atomic E-state index is 11.4. The van der Waals surface area contributed by atoms with Crippen molar-refractivity contribution in [2.45, 2.75) is 19.4 Å². The largest absolute Gasteiger partial charge is 0.462 e.